The number of hydrogen-bond donors (Lipinski definition) is 2. The Hall–Kier alpha value is -0.960. The molecule has 0 unspecified atom stereocenters. The van der Waals surface area contributed by atoms with Gasteiger partial charge in [-0.05, 0) is 51.3 Å². The molecule has 15 heavy (non-hydrogen) atoms. The summed E-state index contributed by atoms with van der Waals surface area (Å²) in [6.07, 6.45) is 3.89. The molecule has 0 spiro atoms. The van der Waals surface area contributed by atoms with E-state index >= 15 is 0 Å². The average Bonchev–Trinajstić information content (AvgIpc) is 2.66. The number of aryl methyl sites for hydroxylation is 1. The number of furan rings is 1. The van der Waals surface area contributed by atoms with E-state index in [9.17, 15) is 0 Å². The van der Waals surface area contributed by atoms with Crippen LogP contribution in [0.5, 0.6) is 0 Å². The first-order chi connectivity index (χ1) is 7.34. The van der Waals surface area contributed by atoms with Crippen LogP contribution in [0.15, 0.2) is 16.5 Å². The van der Waals surface area contributed by atoms with Gasteiger partial charge in [0, 0.05) is 12.6 Å². The summed E-state index contributed by atoms with van der Waals surface area (Å²) in [5.41, 5.74) is 0. The lowest BCUT2D eigenvalue weighted by atomic mass is 9.95. The molecular formula is C12H20N2O. The number of nitrogens with one attached hydrogen (secondary N) is 2. The lowest BCUT2D eigenvalue weighted by Crippen LogP contribution is -2.28. The van der Waals surface area contributed by atoms with Crippen LogP contribution in [0.25, 0.3) is 0 Å². The van der Waals surface area contributed by atoms with Crippen molar-refractivity contribution in [3.05, 3.63) is 17.9 Å². The van der Waals surface area contributed by atoms with Gasteiger partial charge in [0.1, 0.15) is 5.76 Å². The third kappa shape index (κ3) is 3.27. The lowest BCUT2D eigenvalue weighted by molar-refractivity contribution is 0.360. The molecule has 0 aromatic carbocycles. The largest absolute Gasteiger partial charge is 0.446 e. The topological polar surface area (TPSA) is 37.2 Å². The molecule has 0 aliphatic carbocycles. The number of anilines is 1. The predicted octanol–water partition coefficient (Wildman–Crippen LogP) is 2.39. The zero-order valence-electron chi connectivity index (χ0n) is 9.38. The SMILES string of the molecule is Cc1ccc(NCCC2CCNCC2)o1. The minimum Gasteiger partial charge on any atom is -0.446 e. The molecule has 0 atom stereocenters. The van der Waals surface area contributed by atoms with E-state index < -0.39 is 0 Å². The molecule has 1 saturated heterocycles. The van der Waals surface area contributed by atoms with Crippen molar-refractivity contribution in [2.45, 2.75) is 26.2 Å². The predicted molar refractivity (Wildman–Crippen MR) is 62.1 cm³/mol. The summed E-state index contributed by atoms with van der Waals surface area (Å²) in [7, 11) is 0. The van der Waals surface area contributed by atoms with Gasteiger partial charge in [0.25, 0.3) is 0 Å². The van der Waals surface area contributed by atoms with E-state index in [1.165, 1.54) is 32.4 Å². The van der Waals surface area contributed by atoms with Crippen LogP contribution in [0.3, 0.4) is 0 Å². The van der Waals surface area contributed by atoms with Crippen LogP contribution in [0.4, 0.5) is 5.88 Å². The Kier molecular flexibility index (Phi) is 3.67. The van der Waals surface area contributed by atoms with Gasteiger partial charge in [-0.2, -0.15) is 0 Å². The third-order valence-electron chi connectivity index (χ3n) is 3.05. The fraction of sp³-hybridized carbons (Fsp3) is 0.667. The Morgan fingerprint density at radius 2 is 2.20 bits per heavy atom. The zero-order valence-corrected chi connectivity index (χ0v) is 9.38. The normalized spacial score (nSPS) is 17.9. The van der Waals surface area contributed by atoms with Gasteiger partial charge in [-0.15, -0.1) is 0 Å². The molecule has 0 amide bonds. The zero-order chi connectivity index (χ0) is 10.5. The molecule has 1 aromatic heterocycles. The van der Waals surface area contributed by atoms with Crippen LogP contribution in [0.1, 0.15) is 25.0 Å². The van der Waals surface area contributed by atoms with Gasteiger partial charge in [0.05, 0.1) is 0 Å². The van der Waals surface area contributed by atoms with Crippen LogP contribution in [-0.4, -0.2) is 19.6 Å². The van der Waals surface area contributed by atoms with Gasteiger partial charge in [0.15, 0.2) is 5.88 Å². The fourth-order valence-corrected chi connectivity index (χ4v) is 2.10. The Morgan fingerprint density at radius 3 is 2.87 bits per heavy atom. The molecule has 0 saturated carbocycles. The van der Waals surface area contributed by atoms with Gasteiger partial charge >= 0.3 is 0 Å². The monoisotopic (exact) mass is 208 g/mol. The van der Waals surface area contributed by atoms with E-state index in [1.54, 1.807) is 0 Å². The fourth-order valence-electron chi connectivity index (χ4n) is 2.10. The van der Waals surface area contributed by atoms with Crippen LogP contribution in [0, 0.1) is 12.8 Å². The first-order valence-corrected chi connectivity index (χ1v) is 5.85. The average molecular weight is 208 g/mol. The van der Waals surface area contributed by atoms with E-state index in [0.717, 1.165) is 24.1 Å². The first kappa shape index (κ1) is 10.6. The molecule has 2 rings (SSSR count). The summed E-state index contributed by atoms with van der Waals surface area (Å²) >= 11 is 0. The standard InChI is InChI=1S/C12H20N2O/c1-10-2-3-12(15-10)14-9-6-11-4-7-13-8-5-11/h2-3,11,13-14H,4-9H2,1H3. The second kappa shape index (κ2) is 5.21. The van der Waals surface area contributed by atoms with Crippen LogP contribution >= 0.6 is 0 Å². The highest BCUT2D eigenvalue weighted by molar-refractivity contribution is 5.31. The van der Waals surface area contributed by atoms with Crippen molar-refractivity contribution in [1.82, 2.24) is 5.32 Å². The van der Waals surface area contributed by atoms with Gasteiger partial charge in [-0.3, -0.25) is 0 Å². The maximum atomic E-state index is 5.45. The molecule has 0 bridgehead atoms. The first-order valence-electron chi connectivity index (χ1n) is 5.85. The molecule has 2 heterocycles. The summed E-state index contributed by atoms with van der Waals surface area (Å²) in [6.45, 7) is 5.37. The molecule has 0 radical (unpaired) electrons. The van der Waals surface area contributed by atoms with Crippen molar-refractivity contribution < 1.29 is 4.42 Å². The Labute approximate surface area is 91.2 Å². The van der Waals surface area contributed by atoms with Crippen molar-refractivity contribution in [1.29, 1.82) is 0 Å². The Morgan fingerprint density at radius 1 is 1.40 bits per heavy atom. The smallest absolute Gasteiger partial charge is 0.193 e. The summed E-state index contributed by atoms with van der Waals surface area (Å²) in [4.78, 5) is 0. The highest BCUT2D eigenvalue weighted by atomic mass is 16.4. The molecular weight excluding hydrogens is 188 g/mol. The summed E-state index contributed by atoms with van der Waals surface area (Å²) < 4.78 is 5.45. The molecule has 1 fully saturated rings. The summed E-state index contributed by atoms with van der Waals surface area (Å²) in [5.74, 6) is 2.76. The van der Waals surface area contributed by atoms with Crippen molar-refractivity contribution in [2.24, 2.45) is 5.92 Å². The van der Waals surface area contributed by atoms with E-state index in [-0.39, 0.29) is 0 Å². The maximum absolute atomic E-state index is 5.45. The molecule has 3 heteroatoms. The van der Waals surface area contributed by atoms with Crippen molar-refractivity contribution >= 4 is 5.88 Å². The molecule has 2 N–H and O–H groups in total. The second-order valence-corrected chi connectivity index (χ2v) is 4.32. The third-order valence-corrected chi connectivity index (χ3v) is 3.05. The minimum absolute atomic E-state index is 0.884. The maximum Gasteiger partial charge on any atom is 0.193 e. The van der Waals surface area contributed by atoms with Gasteiger partial charge in [0.2, 0.25) is 0 Å². The summed E-state index contributed by atoms with van der Waals surface area (Å²) in [5, 5.41) is 6.71. The molecule has 1 aliphatic heterocycles. The van der Waals surface area contributed by atoms with Crippen LogP contribution in [0.2, 0.25) is 0 Å². The van der Waals surface area contributed by atoms with Crippen molar-refractivity contribution in [3.63, 3.8) is 0 Å². The van der Waals surface area contributed by atoms with Crippen LogP contribution in [-0.2, 0) is 0 Å². The van der Waals surface area contributed by atoms with Crippen molar-refractivity contribution in [2.75, 3.05) is 25.0 Å². The lowest BCUT2D eigenvalue weighted by Gasteiger charge is -2.22. The molecule has 1 aliphatic rings. The molecule has 84 valence electrons. The van der Waals surface area contributed by atoms with Gasteiger partial charge < -0.3 is 15.1 Å². The molecule has 1 aromatic rings. The quantitative estimate of drug-likeness (QED) is 0.797. The van der Waals surface area contributed by atoms with E-state index in [4.69, 9.17) is 4.42 Å². The Bertz CT molecular complexity index is 290. The van der Waals surface area contributed by atoms with E-state index in [0.29, 0.717) is 0 Å². The van der Waals surface area contributed by atoms with E-state index in [2.05, 4.69) is 10.6 Å². The molecule has 3 nitrogen and oxygen atoms in total. The van der Waals surface area contributed by atoms with Gasteiger partial charge in [-0.1, -0.05) is 0 Å². The number of hydrogen-bond acceptors (Lipinski definition) is 3. The highest BCUT2D eigenvalue weighted by Crippen LogP contribution is 2.17. The summed E-state index contributed by atoms with van der Waals surface area (Å²) in [6, 6.07) is 3.99. The number of rotatable bonds is 4. The Balaban J connectivity index is 1.65. The second-order valence-electron chi connectivity index (χ2n) is 4.32. The number of piperidine rings is 1. The van der Waals surface area contributed by atoms with E-state index in [1.807, 2.05) is 19.1 Å². The van der Waals surface area contributed by atoms with Crippen LogP contribution < -0.4 is 10.6 Å². The van der Waals surface area contributed by atoms with Gasteiger partial charge in [-0.25, -0.2) is 0 Å². The minimum atomic E-state index is 0.884. The highest BCUT2D eigenvalue weighted by Gasteiger charge is 2.12. The van der Waals surface area contributed by atoms with Crippen molar-refractivity contribution in [3.8, 4) is 0 Å².